The lowest BCUT2D eigenvalue weighted by molar-refractivity contribution is -0.908. The van der Waals surface area contributed by atoms with Crippen LogP contribution in [0.3, 0.4) is 0 Å². The number of ether oxygens (including phenoxy) is 2. The summed E-state index contributed by atoms with van der Waals surface area (Å²) in [7, 11) is 1.69. The molecule has 0 amide bonds. The van der Waals surface area contributed by atoms with E-state index in [-0.39, 0.29) is 0 Å². The molecule has 28 heavy (non-hydrogen) atoms. The van der Waals surface area contributed by atoms with Crippen molar-refractivity contribution in [2.24, 2.45) is 0 Å². The van der Waals surface area contributed by atoms with Gasteiger partial charge in [-0.2, -0.15) is 0 Å². The third-order valence-electron chi connectivity index (χ3n) is 5.64. The number of benzene rings is 2. The molecule has 0 spiro atoms. The minimum absolute atomic E-state index is 0.857. The standard InChI is InChI=1S/C22H24N4O2/c1-27-18-8-6-17(7-9-18)19-16-26-21-5-3-2-4-20(21)25(22(26)23-19)11-10-24-12-14-28-15-13-24/h2-9,16H,10-15H2,1H3/p+1. The monoisotopic (exact) mass is 377 g/mol. The molecular formula is C22H25N4O2+. The molecule has 0 unspecified atom stereocenters. The van der Waals surface area contributed by atoms with E-state index >= 15 is 0 Å². The van der Waals surface area contributed by atoms with Gasteiger partial charge in [-0.3, -0.25) is 4.40 Å². The highest BCUT2D eigenvalue weighted by molar-refractivity contribution is 5.82. The number of nitrogens with zero attached hydrogens (tertiary/aromatic N) is 3. The van der Waals surface area contributed by atoms with Gasteiger partial charge in [-0.15, -0.1) is 0 Å². The highest BCUT2D eigenvalue weighted by Gasteiger charge is 2.18. The molecule has 5 rings (SSSR count). The second-order valence-electron chi connectivity index (χ2n) is 7.28. The van der Waals surface area contributed by atoms with Gasteiger partial charge in [-0.05, 0) is 36.4 Å². The number of rotatable bonds is 5. The van der Waals surface area contributed by atoms with Crippen molar-refractivity contribution in [1.29, 1.82) is 0 Å². The molecule has 1 fully saturated rings. The fraction of sp³-hybridized carbons (Fsp3) is 0.318. The van der Waals surface area contributed by atoms with Crippen LogP contribution in [0.15, 0.2) is 54.7 Å². The summed E-state index contributed by atoms with van der Waals surface area (Å²) >= 11 is 0. The van der Waals surface area contributed by atoms with E-state index in [9.17, 15) is 0 Å². The number of para-hydroxylation sites is 2. The Morgan fingerprint density at radius 3 is 2.54 bits per heavy atom. The molecule has 0 saturated carbocycles. The molecular weight excluding hydrogens is 352 g/mol. The smallest absolute Gasteiger partial charge is 0.215 e. The average molecular weight is 377 g/mol. The summed E-state index contributed by atoms with van der Waals surface area (Å²) < 4.78 is 15.3. The van der Waals surface area contributed by atoms with E-state index in [1.165, 1.54) is 11.0 Å². The van der Waals surface area contributed by atoms with Crippen LogP contribution in [0, 0.1) is 0 Å². The van der Waals surface area contributed by atoms with Gasteiger partial charge in [0.15, 0.2) is 0 Å². The average Bonchev–Trinajstić information content (AvgIpc) is 3.31. The normalized spacial score (nSPS) is 15.5. The summed E-state index contributed by atoms with van der Waals surface area (Å²) in [4.78, 5) is 6.59. The van der Waals surface area contributed by atoms with Gasteiger partial charge >= 0.3 is 0 Å². The largest absolute Gasteiger partial charge is 0.497 e. The van der Waals surface area contributed by atoms with E-state index in [0.717, 1.165) is 62.2 Å². The predicted molar refractivity (Wildman–Crippen MR) is 109 cm³/mol. The van der Waals surface area contributed by atoms with E-state index in [1.54, 1.807) is 12.0 Å². The Kier molecular flexibility index (Phi) is 4.50. The maximum absolute atomic E-state index is 5.49. The number of aromatic nitrogens is 3. The molecule has 3 heterocycles. The first-order valence-corrected chi connectivity index (χ1v) is 9.85. The minimum Gasteiger partial charge on any atom is -0.497 e. The third kappa shape index (κ3) is 3.04. The van der Waals surface area contributed by atoms with Gasteiger partial charge in [0.1, 0.15) is 18.8 Å². The van der Waals surface area contributed by atoms with E-state index < -0.39 is 0 Å². The number of nitrogens with one attached hydrogen (secondary N) is 1. The number of morpholine rings is 1. The number of fused-ring (bicyclic) bond motifs is 3. The Hall–Kier alpha value is -2.83. The lowest BCUT2D eigenvalue weighted by Crippen LogP contribution is -3.14. The van der Waals surface area contributed by atoms with Crippen LogP contribution in [0.5, 0.6) is 5.75 Å². The van der Waals surface area contributed by atoms with Crippen LogP contribution < -0.4 is 9.64 Å². The zero-order chi connectivity index (χ0) is 18.9. The quantitative estimate of drug-likeness (QED) is 0.578. The van der Waals surface area contributed by atoms with E-state index in [2.05, 4.69) is 51.6 Å². The molecule has 0 radical (unpaired) electrons. The molecule has 0 aliphatic carbocycles. The molecule has 6 nitrogen and oxygen atoms in total. The highest BCUT2D eigenvalue weighted by atomic mass is 16.5. The van der Waals surface area contributed by atoms with E-state index in [1.807, 2.05) is 12.1 Å². The van der Waals surface area contributed by atoms with Crippen LogP contribution in [0.2, 0.25) is 0 Å². The van der Waals surface area contributed by atoms with Crippen molar-refractivity contribution in [3.63, 3.8) is 0 Å². The summed E-state index contributed by atoms with van der Waals surface area (Å²) in [6.45, 7) is 5.93. The SMILES string of the molecule is COc1ccc(-c2cn3c4ccccc4n(CC[NH+]4CCOCC4)c3n2)cc1. The maximum Gasteiger partial charge on any atom is 0.215 e. The van der Waals surface area contributed by atoms with Gasteiger partial charge in [-0.1, -0.05) is 12.1 Å². The van der Waals surface area contributed by atoms with Crippen LogP contribution in [-0.4, -0.2) is 53.9 Å². The van der Waals surface area contributed by atoms with Gasteiger partial charge in [0.05, 0.1) is 50.1 Å². The summed E-state index contributed by atoms with van der Waals surface area (Å²) in [5, 5.41) is 0. The third-order valence-corrected chi connectivity index (χ3v) is 5.64. The number of hydrogen-bond acceptors (Lipinski definition) is 3. The number of quaternary nitrogens is 1. The zero-order valence-electron chi connectivity index (χ0n) is 16.1. The first kappa shape index (κ1) is 17.3. The Labute approximate surface area is 163 Å². The molecule has 144 valence electrons. The number of methoxy groups -OCH3 is 1. The van der Waals surface area contributed by atoms with Crippen molar-refractivity contribution in [3.8, 4) is 17.0 Å². The van der Waals surface area contributed by atoms with Crippen LogP contribution in [0.1, 0.15) is 0 Å². The molecule has 4 aromatic rings. The summed E-state index contributed by atoms with van der Waals surface area (Å²) in [5.74, 6) is 1.86. The molecule has 6 heteroatoms. The van der Waals surface area contributed by atoms with Gasteiger partial charge < -0.3 is 18.9 Å². The molecule has 2 aromatic heterocycles. The molecule has 1 aliphatic rings. The van der Waals surface area contributed by atoms with Crippen molar-refractivity contribution in [2.75, 3.05) is 40.0 Å². The molecule has 0 bridgehead atoms. The summed E-state index contributed by atoms with van der Waals surface area (Å²) in [6, 6.07) is 16.6. The zero-order valence-corrected chi connectivity index (χ0v) is 16.1. The Morgan fingerprint density at radius 1 is 1.04 bits per heavy atom. The van der Waals surface area contributed by atoms with Gasteiger partial charge in [0.25, 0.3) is 0 Å². The van der Waals surface area contributed by atoms with Gasteiger partial charge in [0.2, 0.25) is 5.78 Å². The Bertz CT molecular complexity index is 1090. The molecule has 1 aliphatic heterocycles. The van der Waals surface area contributed by atoms with Crippen LogP contribution >= 0.6 is 0 Å². The Balaban J connectivity index is 1.53. The van der Waals surface area contributed by atoms with Crippen molar-refractivity contribution < 1.29 is 14.4 Å². The van der Waals surface area contributed by atoms with Crippen LogP contribution in [0.25, 0.3) is 28.1 Å². The fourth-order valence-corrected chi connectivity index (χ4v) is 4.04. The van der Waals surface area contributed by atoms with Crippen molar-refractivity contribution in [3.05, 3.63) is 54.7 Å². The second kappa shape index (κ2) is 7.30. The lowest BCUT2D eigenvalue weighted by atomic mass is 10.2. The lowest BCUT2D eigenvalue weighted by Gasteiger charge is -2.23. The van der Waals surface area contributed by atoms with Crippen LogP contribution in [-0.2, 0) is 11.3 Å². The van der Waals surface area contributed by atoms with Crippen LogP contribution in [0.4, 0.5) is 0 Å². The Morgan fingerprint density at radius 2 is 1.79 bits per heavy atom. The maximum atomic E-state index is 5.49. The van der Waals surface area contributed by atoms with E-state index in [0.29, 0.717) is 0 Å². The van der Waals surface area contributed by atoms with Gasteiger partial charge in [0, 0.05) is 11.8 Å². The molecule has 1 saturated heterocycles. The van der Waals surface area contributed by atoms with E-state index in [4.69, 9.17) is 14.5 Å². The topological polar surface area (TPSA) is 45.1 Å². The van der Waals surface area contributed by atoms with Crippen molar-refractivity contribution in [2.45, 2.75) is 6.54 Å². The molecule has 0 atom stereocenters. The predicted octanol–water partition coefficient (Wildman–Crippen LogP) is 1.88. The molecule has 1 N–H and O–H groups in total. The first-order chi connectivity index (χ1) is 13.8. The second-order valence-corrected chi connectivity index (χ2v) is 7.28. The first-order valence-electron chi connectivity index (χ1n) is 9.85. The number of imidazole rings is 2. The van der Waals surface area contributed by atoms with Gasteiger partial charge in [-0.25, -0.2) is 4.98 Å². The number of hydrogen-bond donors (Lipinski definition) is 1. The summed E-state index contributed by atoms with van der Waals surface area (Å²) in [5.41, 5.74) is 4.51. The van der Waals surface area contributed by atoms with Crippen molar-refractivity contribution >= 4 is 16.8 Å². The summed E-state index contributed by atoms with van der Waals surface area (Å²) in [6.07, 6.45) is 2.14. The molecule has 2 aromatic carbocycles. The van der Waals surface area contributed by atoms with Crippen molar-refractivity contribution in [1.82, 2.24) is 14.0 Å². The fourth-order valence-electron chi connectivity index (χ4n) is 4.04. The highest BCUT2D eigenvalue weighted by Crippen LogP contribution is 2.26. The minimum atomic E-state index is 0.857.